The standard InChI is InChI=1S/C10H9ClF2N2/c1-6-7(2-3-14)5-15-8(4-11)9(6)10(12)13/h5,10H,2,4H2,1H3. The van der Waals surface area contributed by atoms with Gasteiger partial charge in [0.25, 0.3) is 6.43 Å². The Labute approximate surface area is 91.5 Å². The van der Waals surface area contributed by atoms with E-state index < -0.39 is 6.43 Å². The predicted molar refractivity (Wildman–Crippen MR) is 52.8 cm³/mol. The quantitative estimate of drug-likeness (QED) is 0.748. The monoisotopic (exact) mass is 230 g/mol. The molecule has 0 N–H and O–H groups in total. The fourth-order valence-electron chi connectivity index (χ4n) is 1.37. The van der Waals surface area contributed by atoms with E-state index in [2.05, 4.69) is 4.98 Å². The maximum atomic E-state index is 12.7. The maximum Gasteiger partial charge on any atom is 0.265 e. The van der Waals surface area contributed by atoms with Gasteiger partial charge in [-0.1, -0.05) is 0 Å². The van der Waals surface area contributed by atoms with Crippen LogP contribution >= 0.6 is 11.6 Å². The molecule has 5 heteroatoms. The average molecular weight is 231 g/mol. The van der Waals surface area contributed by atoms with E-state index >= 15 is 0 Å². The molecule has 80 valence electrons. The summed E-state index contributed by atoms with van der Waals surface area (Å²) >= 11 is 5.52. The van der Waals surface area contributed by atoms with Crippen LogP contribution in [0.15, 0.2) is 6.20 Å². The van der Waals surface area contributed by atoms with Crippen molar-refractivity contribution in [1.29, 1.82) is 5.26 Å². The molecule has 1 heterocycles. The first-order valence-corrected chi connectivity index (χ1v) is 4.83. The molecule has 0 aliphatic rings. The molecule has 0 atom stereocenters. The van der Waals surface area contributed by atoms with Gasteiger partial charge in [0.15, 0.2) is 0 Å². The zero-order valence-corrected chi connectivity index (χ0v) is 8.85. The minimum Gasteiger partial charge on any atom is -0.259 e. The molecule has 0 amide bonds. The van der Waals surface area contributed by atoms with Gasteiger partial charge in [-0.05, 0) is 18.1 Å². The van der Waals surface area contributed by atoms with Crippen LogP contribution in [0.3, 0.4) is 0 Å². The molecule has 0 saturated heterocycles. The molecule has 15 heavy (non-hydrogen) atoms. The van der Waals surface area contributed by atoms with E-state index in [0.717, 1.165) is 0 Å². The van der Waals surface area contributed by atoms with Crippen LogP contribution in [0.2, 0.25) is 0 Å². The summed E-state index contributed by atoms with van der Waals surface area (Å²) in [6, 6.07) is 1.91. The molecule has 2 nitrogen and oxygen atoms in total. The van der Waals surface area contributed by atoms with Crippen molar-refractivity contribution in [3.05, 3.63) is 28.6 Å². The van der Waals surface area contributed by atoms with Gasteiger partial charge in [-0.3, -0.25) is 4.98 Å². The van der Waals surface area contributed by atoms with Gasteiger partial charge < -0.3 is 0 Å². The van der Waals surface area contributed by atoms with Crippen LogP contribution in [-0.4, -0.2) is 4.98 Å². The van der Waals surface area contributed by atoms with Crippen molar-refractivity contribution in [2.45, 2.75) is 25.7 Å². The summed E-state index contributed by atoms with van der Waals surface area (Å²) < 4.78 is 25.4. The Bertz CT molecular complexity index is 399. The van der Waals surface area contributed by atoms with Gasteiger partial charge in [-0.15, -0.1) is 11.6 Å². The molecule has 0 unspecified atom stereocenters. The summed E-state index contributed by atoms with van der Waals surface area (Å²) in [7, 11) is 0. The zero-order valence-electron chi connectivity index (χ0n) is 8.10. The first-order chi connectivity index (χ1) is 7.11. The number of nitriles is 1. The molecule has 0 bridgehead atoms. The Morgan fingerprint density at radius 3 is 2.73 bits per heavy atom. The summed E-state index contributed by atoms with van der Waals surface area (Å²) in [6.45, 7) is 1.56. The van der Waals surface area contributed by atoms with Crippen molar-refractivity contribution in [2.75, 3.05) is 0 Å². The molecule has 0 aliphatic carbocycles. The Kier molecular flexibility index (Phi) is 3.98. The second kappa shape index (κ2) is 5.04. The van der Waals surface area contributed by atoms with Gasteiger partial charge >= 0.3 is 0 Å². The van der Waals surface area contributed by atoms with Crippen LogP contribution < -0.4 is 0 Å². The van der Waals surface area contributed by atoms with Gasteiger partial charge in [0, 0.05) is 11.8 Å². The summed E-state index contributed by atoms with van der Waals surface area (Å²) in [5.74, 6) is -0.0483. The van der Waals surface area contributed by atoms with Gasteiger partial charge in [0.2, 0.25) is 0 Å². The van der Waals surface area contributed by atoms with E-state index in [1.54, 1.807) is 6.92 Å². The van der Waals surface area contributed by atoms with E-state index in [1.165, 1.54) is 6.20 Å². The van der Waals surface area contributed by atoms with Crippen LogP contribution in [0, 0.1) is 18.3 Å². The van der Waals surface area contributed by atoms with Crippen molar-refractivity contribution in [3.8, 4) is 6.07 Å². The lowest BCUT2D eigenvalue weighted by Gasteiger charge is -2.11. The van der Waals surface area contributed by atoms with Gasteiger partial charge in [-0.25, -0.2) is 8.78 Å². The van der Waals surface area contributed by atoms with Crippen molar-refractivity contribution in [2.24, 2.45) is 0 Å². The van der Waals surface area contributed by atoms with Crippen LogP contribution in [0.1, 0.15) is 28.8 Å². The molecule has 1 rings (SSSR count). The molecule has 1 aromatic rings. The lowest BCUT2D eigenvalue weighted by atomic mass is 10.0. The zero-order chi connectivity index (χ0) is 11.4. The average Bonchev–Trinajstić information content (AvgIpc) is 2.20. The third kappa shape index (κ3) is 2.42. The Morgan fingerprint density at radius 2 is 2.27 bits per heavy atom. The summed E-state index contributed by atoms with van der Waals surface area (Å²) in [5.41, 5.74) is 0.988. The summed E-state index contributed by atoms with van der Waals surface area (Å²) in [6.07, 6.45) is -1.09. The highest BCUT2D eigenvalue weighted by atomic mass is 35.5. The lowest BCUT2D eigenvalue weighted by Crippen LogP contribution is -2.03. The van der Waals surface area contributed by atoms with Crippen molar-refractivity contribution >= 4 is 11.6 Å². The van der Waals surface area contributed by atoms with Gasteiger partial charge in [0.05, 0.1) is 24.1 Å². The Morgan fingerprint density at radius 1 is 1.60 bits per heavy atom. The van der Waals surface area contributed by atoms with E-state index in [4.69, 9.17) is 16.9 Å². The summed E-state index contributed by atoms with van der Waals surface area (Å²) in [4.78, 5) is 3.83. The molecule has 0 spiro atoms. The van der Waals surface area contributed by atoms with Crippen LogP contribution in [0.25, 0.3) is 0 Å². The van der Waals surface area contributed by atoms with Crippen LogP contribution in [0.5, 0.6) is 0 Å². The molecular formula is C10H9ClF2N2. The van der Waals surface area contributed by atoms with E-state index in [9.17, 15) is 8.78 Å². The van der Waals surface area contributed by atoms with Crippen molar-refractivity contribution in [3.63, 3.8) is 0 Å². The first-order valence-electron chi connectivity index (χ1n) is 4.30. The van der Waals surface area contributed by atoms with Crippen molar-refractivity contribution < 1.29 is 8.78 Å². The lowest BCUT2D eigenvalue weighted by molar-refractivity contribution is 0.149. The molecule has 0 saturated carbocycles. The predicted octanol–water partition coefficient (Wildman–Crippen LogP) is 3.13. The maximum absolute atomic E-state index is 12.7. The van der Waals surface area contributed by atoms with Crippen LogP contribution in [0.4, 0.5) is 8.78 Å². The molecule has 0 aromatic carbocycles. The minimum absolute atomic E-state index is 0.0483. The van der Waals surface area contributed by atoms with Crippen molar-refractivity contribution in [1.82, 2.24) is 4.98 Å². The largest absolute Gasteiger partial charge is 0.265 e. The summed E-state index contributed by atoms with van der Waals surface area (Å²) in [5, 5.41) is 8.51. The molecule has 0 fully saturated rings. The SMILES string of the molecule is Cc1c(CC#N)cnc(CCl)c1C(F)F. The number of hydrogen-bond donors (Lipinski definition) is 0. The van der Waals surface area contributed by atoms with E-state index in [-0.39, 0.29) is 23.6 Å². The fourth-order valence-corrected chi connectivity index (χ4v) is 1.58. The number of hydrogen-bond acceptors (Lipinski definition) is 2. The third-order valence-corrected chi connectivity index (χ3v) is 2.44. The molecule has 0 aliphatic heterocycles. The van der Waals surface area contributed by atoms with E-state index in [0.29, 0.717) is 11.1 Å². The Balaban J connectivity index is 3.30. The highest BCUT2D eigenvalue weighted by Gasteiger charge is 2.18. The number of halogens is 3. The highest BCUT2D eigenvalue weighted by molar-refractivity contribution is 6.17. The van der Waals surface area contributed by atoms with Gasteiger partial charge in [-0.2, -0.15) is 5.26 Å². The fraction of sp³-hybridized carbons (Fsp3) is 0.400. The normalized spacial score (nSPS) is 10.4. The number of pyridine rings is 1. The smallest absolute Gasteiger partial charge is 0.259 e. The first kappa shape index (κ1) is 11.9. The number of nitrogens with zero attached hydrogens (tertiary/aromatic N) is 2. The number of rotatable bonds is 3. The molecule has 0 radical (unpaired) electrons. The third-order valence-electron chi connectivity index (χ3n) is 2.19. The number of aromatic nitrogens is 1. The van der Waals surface area contributed by atoms with Gasteiger partial charge in [0.1, 0.15) is 0 Å². The minimum atomic E-state index is -2.61. The Hall–Kier alpha value is -1.21. The van der Waals surface area contributed by atoms with E-state index in [1.807, 2.05) is 6.07 Å². The number of alkyl halides is 3. The highest BCUT2D eigenvalue weighted by Crippen LogP contribution is 2.28. The second-order valence-electron chi connectivity index (χ2n) is 3.04. The van der Waals surface area contributed by atoms with Crippen LogP contribution in [-0.2, 0) is 12.3 Å². The molecular weight excluding hydrogens is 222 g/mol. The topological polar surface area (TPSA) is 36.7 Å². The second-order valence-corrected chi connectivity index (χ2v) is 3.31. The molecule has 1 aromatic heterocycles.